The van der Waals surface area contributed by atoms with Gasteiger partial charge < -0.3 is 9.64 Å². The molecule has 0 aliphatic rings. The average Bonchev–Trinajstić information content (AvgIpc) is 2.27. The SMILES string of the molecule is C=CCc1cccc(Cl)c1OCCC[NH+](C)C. The molecule has 0 atom stereocenters. The number of hydrogen-bond acceptors (Lipinski definition) is 1. The van der Waals surface area contributed by atoms with Gasteiger partial charge in [0, 0.05) is 6.42 Å². The Labute approximate surface area is 109 Å². The Morgan fingerprint density at radius 3 is 2.82 bits per heavy atom. The molecule has 1 N–H and O–H groups in total. The van der Waals surface area contributed by atoms with Crippen molar-refractivity contribution in [2.24, 2.45) is 0 Å². The Kier molecular flexibility index (Phi) is 6.09. The maximum absolute atomic E-state index is 6.14. The van der Waals surface area contributed by atoms with E-state index >= 15 is 0 Å². The highest BCUT2D eigenvalue weighted by Gasteiger charge is 2.07. The van der Waals surface area contributed by atoms with Crippen LogP contribution in [0.4, 0.5) is 0 Å². The minimum absolute atomic E-state index is 0.682. The molecule has 0 saturated carbocycles. The summed E-state index contributed by atoms with van der Waals surface area (Å²) >= 11 is 6.14. The maximum atomic E-state index is 6.14. The van der Waals surface area contributed by atoms with Gasteiger partial charge in [-0.3, -0.25) is 0 Å². The topological polar surface area (TPSA) is 13.7 Å². The molecule has 1 aromatic rings. The Bertz CT molecular complexity index is 363. The van der Waals surface area contributed by atoms with Crippen molar-refractivity contribution in [3.8, 4) is 5.75 Å². The van der Waals surface area contributed by atoms with E-state index in [2.05, 4.69) is 20.7 Å². The van der Waals surface area contributed by atoms with Crippen LogP contribution in [0.2, 0.25) is 5.02 Å². The molecular weight excluding hydrogens is 234 g/mol. The molecule has 0 aromatic heterocycles. The van der Waals surface area contributed by atoms with Gasteiger partial charge in [0.15, 0.2) is 0 Å². The second kappa shape index (κ2) is 7.36. The van der Waals surface area contributed by atoms with Crippen LogP contribution in [0.5, 0.6) is 5.75 Å². The Morgan fingerprint density at radius 1 is 1.41 bits per heavy atom. The summed E-state index contributed by atoms with van der Waals surface area (Å²) in [6, 6.07) is 5.83. The van der Waals surface area contributed by atoms with Crippen LogP contribution in [0.1, 0.15) is 12.0 Å². The van der Waals surface area contributed by atoms with Crippen molar-refractivity contribution in [1.82, 2.24) is 0 Å². The number of hydrogen-bond donors (Lipinski definition) is 1. The Hall–Kier alpha value is -0.990. The second-order valence-electron chi connectivity index (χ2n) is 4.38. The first kappa shape index (κ1) is 14.1. The summed E-state index contributed by atoms with van der Waals surface area (Å²) in [6.45, 7) is 5.55. The third kappa shape index (κ3) is 4.80. The molecule has 0 aliphatic carbocycles. The molecule has 0 bridgehead atoms. The summed E-state index contributed by atoms with van der Waals surface area (Å²) in [6.07, 6.45) is 3.68. The fraction of sp³-hybridized carbons (Fsp3) is 0.429. The van der Waals surface area contributed by atoms with Crippen LogP contribution in [-0.4, -0.2) is 27.2 Å². The zero-order valence-electron chi connectivity index (χ0n) is 10.6. The summed E-state index contributed by atoms with van der Waals surface area (Å²) in [5.41, 5.74) is 1.10. The van der Waals surface area contributed by atoms with Crippen molar-refractivity contribution in [3.63, 3.8) is 0 Å². The summed E-state index contributed by atoms with van der Waals surface area (Å²) < 4.78 is 5.78. The number of rotatable bonds is 7. The quantitative estimate of drug-likeness (QED) is 0.580. The fourth-order valence-corrected chi connectivity index (χ4v) is 1.88. The molecule has 17 heavy (non-hydrogen) atoms. The lowest BCUT2D eigenvalue weighted by Gasteiger charge is -2.13. The number of halogens is 1. The zero-order chi connectivity index (χ0) is 12.7. The molecule has 2 nitrogen and oxygen atoms in total. The predicted octanol–water partition coefficient (Wildman–Crippen LogP) is 1.98. The van der Waals surface area contributed by atoms with Gasteiger partial charge in [0.2, 0.25) is 0 Å². The van der Waals surface area contributed by atoms with Crippen LogP contribution >= 0.6 is 11.6 Å². The van der Waals surface area contributed by atoms with Crippen molar-refractivity contribution >= 4 is 11.6 Å². The molecule has 94 valence electrons. The normalized spacial score (nSPS) is 10.6. The molecular formula is C14H21ClNO+. The van der Waals surface area contributed by atoms with E-state index in [0.29, 0.717) is 11.6 Å². The van der Waals surface area contributed by atoms with Crippen molar-refractivity contribution in [2.75, 3.05) is 27.2 Å². The van der Waals surface area contributed by atoms with E-state index in [1.54, 1.807) is 0 Å². The minimum atomic E-state index is 0.682. The van der Waals surface area contributed by atoms with Gasteiger partial charge in [-0.2, -0.15) is 0 Å². The number of nitrogens with one attached hydrogen (secondary N) is 1. The third-order valence-electron chi connectivity index (χ3n) is 2.48. The number of ether oxygens (including phenoxy) is 1. The lowest BCUT2D eigenvalue weighted by atomic mass is 10.1. The average molecular weight is 255 g/mol. The first-order chi connectivity index (χ1) is 8.15. The molecule has 3 heteroatoms. The van der Waals surface area contributed by atoms with E-state index < -0.39 is 0 Å². The van der Waals surface area contributed by atoms with Crippen molar-refractivity contribution < 1.29 is 9.64 Å². The Balaban J connectivity index is 2.59. The number of para-hydroxylation sites is 1. The van der Waals surface area contributed by atoms with E-state index in [1.165, 1.54) is 4.90 Å². The molecule has 0 heterocycles. The van der Waals surface area contributed by atoms with E-state index in [-0.39, 0.29) is 0 Å². The Morgan fingerprint density at radius 2 is 2.18 bits per heavy atom. The predicted molar refractivity (Wildman–Crippen MR) is 73.1 cm³/mol. The molecule has 0 amide bonds. The molecule has 0 radical (unpaired) electrons. The van der Waals surface area contributed by atoms with E-state index in [4.69, 9.17) is 16.3 Å². The van der Waals surface area contributed by atoms with Gasteiger partial charge in [0.25, 0.3) is 0 Å². The lowest BCUT2D eigenvalue weighted by molar-refractivity contribution is -0.858. The summed E-state index contributed by atoms with van der Waals surface area (Å²) in [5, 5.41) is 0.682. The number of quaternary nitrogens is 1. The van der Waals surface area contributed by atoms with Crippen LogP contribution in [-0.2, 0) is 6.42 Å². The third-order valence-corrected chi connectivity index (χ3v) is 2.78. The minimum Gasteiger partial charge on any atom is -0.491 e. The highest BCUT2D eigenvalue weighted by molar-refractivity contribution is 6.32. The molecule has 0 spiro atoms. The van der Waals surface area contributed by atoms with E-state index in [9.17, 15) is 0 Å². The van der Waals surface area contributed by atoms with E-state index in [1.807, 2.05) is 24.3 Å². The van der Waals surface area contributed by atoms with Gasteiger partial charge in [-0.15, -0.1) is 6.58 Å². The van der Waals surface area contributed by atoms with Gasteiger partial charge in [-0.25, -0.2) is 0 Å². The zero-order valence-corrected chi connectivity index (χ0v) is 11.4. The molecule has 0 unspecified atom stereocenters. The smallest absolute Gasteiger partial charge is 0.141 e. The molecule has 1 rings (SSSR count). The van der Waals surface area contributed by atoms with Gasteiger partial charge in [-0.1, -0.05) is 29.8 Å². The van der Waals surface area contributed by atoms with Crippen LogP contribution in [0, 0.1) is 0 Å². The standard InChI is InChI=1S/C14H20ClNO/c1-4-7-12-8-5-9-13(15)14(12)17-11-6-10-16(2)3/h4-5,8-9H,1,6-7,10-11H2,2-3H3/p+1. The molecule has 0 fully saturated rings. The van der Waals surface area contributed by atoms with Crippen molar-refractivity contribution in [2.45, 2.75) is 12.8 Å². The van der Waals surface area contributed by atoms with Gasteiger partial charge in [0.1, 0.15) is 5.75 Å². The van der Waals surface area contributed by atoms with E-state index in [0.717, 1.165) is 30.7 Å². The van der Waals surface area contributed by atoms with Crippen LogP contribution < -0.4 is 9.64 Å². The second-order valence-corrected chi connectivity index (χ2v) is 4.79. The van der Waals surface area contributed by atoms with Gasteiger partial charge >= 0.3 is 0 Å². The molecule has 0 saturated heterocycles. The first-order valence-corrected chi connectivity index (χ1v) is 6.33. The number of benzene rings is 1. The summed E-state index contributed by atoms with van der Waals surface area (Å²) in [7, 11) is 4.28. The molecule has 1 aromatic carbocycles. The summed E-state index contributed by atoms with van der Waals surface area (Å²) in [5.74, 6) is 0.808. The van der Waals surface area contributed by atoms with Crippen LogP contribution in [0.15, 0.2) is 30.9 Å². The highest BCUT2D eigenvalue weighted by atomic mass is 35.5. The fourth-order valence-electron chi connectivity index (χ4n) is 1.63. The number of allylic oxidation sites excluding steroid dienone is 1. The largest absolute Gasteiger partial charge is 0.491 e. The monoisotopic (exact) mass is 254 g/mol. The van der Waals surface area contributed by atoms with Gasteiger partial charge in [-0.05, 0) is 18.1 Å². The molecule has 0 aliphatic heterocycles. The van der Waals surface area contributed by atoms with Crippen molar-refractivity contribution in [1.29, 1.82) is 0 Å². The highest BCUT2D eigenvalue weighted by Crippen LogP contribution is 2.29. The van der Waals surface area contributed by atoms with Gasteiger partial charge in [0.05, 0.1) is 32.3 Å². The first-order valence-electron chi connectivity index (χ1n) is 5.95. The van der Waals surface area contributed by atoms with Crippen molar-refractivity contribution in [3.05, 3.63) is 41.4 Å². The summed E-state index contributed by atoms with van der Waals surface area (Å²) in [4.78, 5) is 1.43. The lowest BCUT2D eigenvalue weighted by Crippen LogP contribution is -3.05. The maximum Gasteiger partial charge on any atom is 0.141 e. The van der Waals surface area contributed by atoms with Crippen LogP contribution in [0.3, 0.4) is 0 Å². The van der Waals surface area contributed by atoms with Crippen LogP contribution in [0.25, 0.3) is 0 Å².